The molecule has 108 valence electrons. The van der Waals surface area contributed by atoms with Crippen molar-refractivity contribution in [2.24, 2.45) is 0 Å². The van der Waals surface area contributed by atoms with Gasteiger partial charge in [0.1, 0.15) is 5.75 Å². The maximum atomic E-state index is 12.1. The number of phenolic OH excluding ortho intramolecular Hbond substituents is 1. The van der Waals surface area contributed by atoms with Crippen molar-refractivity contribution in [2.45, 2.75) is 13.0 Å². The van der Waals surface area contributed by atoms with Crippen molar-refractivity contribution in [1.82, 2.24) is 0 Å². The number of hydrogen-bond acceptors (Lipinski definition) is 4. The second-order valence-corrected chi connectivity index (χ2v) is 4.91. The van der Waals surface area contributed by atoms with Crippen LogP contribution in [0.2, 0.25) is 5.02 Å². The van der Waals surface area contributed by atoms with Crippen LogP contribution in [-0.2, 0) is 4.74 Å². The van der Waals surface area contributed by atoms with Crippen LogP contribution in [0.4, 0.5) is 0 Å². The predicted molar refractivity (Wildman–Crippen MR) is 78.8 cm³/mol. The Kier molecular flexibility index (Phi) is 4.60. The van der Waals surface area contributed by atoms with Gasteiger partial charge < -0.3 is 9.84 Å². The van der Waals surface area contributed by atoms with Gasteiger partial charge in [-0.15, -0.1) is 0 Å². The molecule has 0 aliphatic heterocycles. The van der Waals surface area contributed by atoms with Crippen molar-refractivity contribution < 1.29 is 19.4 Å². The number of phenols is 1. The molecular formula is C16H13ClO4. The molecule has 0 fully saturated rings. The molecule has 0 unspecified atom stereocenters. The summed E-state index contributed by atoms with van der Waals surface area (Å²) >= 11 is 5.75. The Hall–Kier alpha value is -2.33. The Morgan fingerprint density at radius 2 is 1.76 bits per heavy atom. The predicted octanol–water partition coefficient (Wildman–Crippen LogP) is 3.47. The van der Waals surface area contributed by atoms with Crippen LogP contribution in [0.15, 0.2) is 48.5 Å². The molecule has 0 aliphatic carbocycles. The quantitative estimate of drug-likeness (QED) is 0.694. The Morgan fingerprint density at radius 3 is 2.38 bits per heavy atom. The van der Waals surface area contributed by atoms with Crippen LogP contribution in [0, 0.1) is 0 Å². The van der Waals surface area contributed by atoms with E-state index in [0.717, 1.165) is 0 Å². The van der Waals surface area contributed by atoms with E-state index in [1.54, 1.807) is 24.3 Å². The minimum Gasteiger partial charge on any atom is -0.508 e. The van der Waals surface area contributed by atoms with Crippen molar-refractivity contribution in [3.8, 4) is 5.75 Å². The lowest BCUT2D eigenvalue weighted by Crippen LogP contribution is -2.24. The van der Waals surface area contributed by atoms with Gasteiger partial charge in [-0.1, -0.05) is 17.7 Å². The Balaban J connectivity index is 2.07. The molecule has 4 nitrogen and oxygen atoms in total. The minimum absolute atomic E-state index is 0.0406. The summed E-state index contributed by atoms with van der Waals surface area (Å²) in [6.07, 6.45) is -0.930. The van der Waals surface area contributed by atoms with Gasteiger partial charge in [-0.05, 0) is 49.4 Å². The van der Waals surface area contributed by atoms with E-state index in [-0.39, 0.29) is 17.1 Å². The first-order valence-electron chi connectivity index (χ1n) is 6.27. The van der Waals surface area contributed by atoms with E-state index < -0.39 is 12.1 Å². The van der Waals surface area contributed by atoms with Gasteiger partial charge in [0, 0.05) is 10.6 Å². The maximum absolute atomic E-state index is 12.1. The first-order chi connectivity index (χ1) is 9.97. The molecule has 1 N–H and O–H groups in total. The zero-order valence-electron chi connectivity index (χ0n) is 11.2. The highest BCUT2D eigenvalue weighted by atomic mass is 35.5. The number of carbonyl (C=O) groups excluding carboxylic acids is 2. The van der Waals surface area contributed by atoms with E-state index >= 15 is 0 Å². The molecule has 0 bridgehead atoms. The molecule has 21 heavy (non-hydrogen) atoms. The maximum Gasteiger partial charge on any atom is 0.338 e. The smallest absolute Gasteiger partial charge is 0.338 e. The van der Waals surface area contributed by atoms with Gasteiger partial charge in [0.05, 0.1) is 5.56 Å². The molecule has 0 spiro atoms. The zero-order chi connectivity index (χ0) is 15.4. The molecule has 0 radical (unpaired) electrons. The highest BCUT2D eigenvalue weighted by molar-refractivity contribution is 6.30. The number of benzene rings is 2. The van der Waals surface area contributed by atoms with Gasteiger partial charge in [-0.3, -0.25) is 4.79 Å². The zero-order valence-corrected chi connectivity index (χ0v) is 12.0. The molecule has 5 heteroatoms. The molecule has 2 aromatic carbocycles. The summed E-state index contributed by atoms with van der Waals surface area (Å²) in [5, 5.41) is 9.85. The summed E-state index contributed by atoms with van der Waals surface area (Å²) in [6, 6.07) is 12.1. The van der Waals surface area contributed by atoms with Crippen LogP contribution in [0.1, 0.15) is 27.6 Å². The van der Waals surface area contributed by atoms with Crippen LogP contribution >= 0.6 is 11.6 Å². The molecule has 2 rings (SSSR count). The number of ketones is 1. The third-order valence-electron chi connectivity index (χ3n) is 2.86. The van der Waals surface area contributed by atoms with E-state index in [2.05, 4.69) is 0 Å². The molecule has 0 saturated heterocycles. The SMILES string of the molecule is C[C@@H](OC(=O)c1cccc(O)c1)C(=O)c1ccc(Cl)cc1. The fourth-order valence-corrected chi connectivity index (χ4v) is 1.89. The van der Waals surface area contributed by atoms with Gasteiger partial charge in [-0.2, -0.15) is 0 Å². The lowest BCUT2D eigenvalue weighted by molar-refractivity contribution is 0.0318. The van der Waals surface area contributed by atoms with Crippen LogP contribution in [0.25, 0.3) is 0 Å². The number of halogens is 1. The lowest BCUT2D eigenvalue weighted by Gasteiger charge is -2.12. The normalized spacial score (nSPS) is 11.7. The minimum atomic E-state index is -0.930. The number of esters is 1. The lowest BCUT2D eigenvalue weighted by atomic mass is 10.1. The summed E-state index contributed by atoms with van der Waals surface area (Å²) < 4.78 is 5.11. The van der Waals surface area contributed by atoms with E-state index in [4.69, 9.17) is 16.3 Å². The van der Waals surface area contributed by atoms with Gasteiger partial charge in [-0.25, -0.2) is 4.79 Å². The molecule has 0 saturated carbocycles. The number of hydrogen-bond donors (Lipinski definition) is 1. The van der Waals surface area contributed by atoms with Crippen LogP contribution in [-0.4, -0.2) is 23.0 Å². The van der Waals surface area contributed by atoms with Crippen LogP contribution in [0.3, 0.4) is 0 Å². The molecule has 0 heterocycles. The standard InChI is InChI=1S/C16H13ClO4/c1-10(15(19)11-5-7-13(17)8-6-11)21-16(20)12-3-2-4-14(18)9-12/h2-10,18H,1H3/t10-/m1/s1. The van der Waals surface area contributed by atoms with Crippen molar-refractivity contribution >= 4 is 23.4 Å². The fraction of sp³-hybridized carbons (Fsp3) is 0.125. The van der Waals surface area contributed by atoms with E-state index in [1.807, 2.05) is 0 Å². The highest BCUT2D eigenvalue weighted by Crippen LogP contribution is 2.15. The number of aromatic hydroxyl groups is 1. The Bertz CT molecular complexity index is 664. The van der Waals surface area contributed by atoms with Gasteiger partial charge >= 0.3 is 5.97 Å². The van der Waals surface area contributed by atoms with Crippen molar-refractivity contribution in [3.05, 3.63) is 64.7 Å². The third-order valence-corrected chi connectivity index (χ3v) is 3.12. The number of rotatable bonds is 4. The summed E-state index contributed by atoms with van der Waals surface area (Å²) in [6.45, 7) is 1.50. The summed E-state index contributed by atoms with van der Waals surface area (Å²) in [5.74, 6) is -1.03. The van der Waals surface area contributed by atoms with E-state index in [1.165, 1.54) is 31.2 Å². The number of Topliss-reactive ketones (excluding diaryl/α,β-unsaturated/α-hetero) is 1. The second-order valence-electron chi connectivity index (χ2n) is 4.47. The largest absolute Gasteiger partial charge is 0.508 e. The monoisotopic (exact) mass is 304 g/mol. The van der Waals surface area contributed by atoms with Crippen molar-refractivity contribution in [1.29, 1.82) is 0 Å². The fourth-order valence-electron chi connectivity index (χ4n) is 1.76. The van der Waals surface area contributed by atoms with Crippen LogP contribution in [0.5, 0.6) is 5.75 Å². The summed E-state index contributed by atoms with van der Waals surface area (Å²) in [4.78, 5) is 24.0. The molecule has 0 aromatic heterocycles. The number of ether oxygens (including phenoxy) is 1. The molecule has 0 aliphatic rings. The van der Waals surface area contributed by atoms with E-state index in [9.17, 15) is 14.7 Å². The molecular weight excluding hydrogens is 292 g/mol. The molecule has 0 amide bonds. The average Bonchev–Trinajstić information content (AvgIpc) is 2.47. The summed E-state index contributed by atoms with van der Waals surface area (Å²) in [7, 11) is 0. The van der Waals surface area contributed by atoms with Gasteiger partial charge in [0.15, 0.2) is 6.10 Å². The van der Waals surface area contributed by atoms with Gasteiger partial charge in [0.25, 0.3) is 0 Å². The highest BCUT2D eigenvalue weighted by Gasteiger charge is 2.20. The number of carbonyl (C=O) groups is 2. The third kappa shape index (κ3) is 3.83. The van der Waals surface area contributed by atoms with Gasteiger partial charge in [0.2, 0.25) is 5.78 Å². The molecule has 2 aromatic rings. The van der Waals surface area contributed by atoms with Crippen LogP contribution < -0.4 is 0 Å². The summed E-state index contributed by atoms with van der Waals surface area (Å²) in [5.41, 5.74) is 0.598. The first kappa shape index (κ1) is 15.1. The Labute approximate surface area is 126 Å². The topological polar surface area (TPSA) is 63.6 Å². The van der Waals surface area contributed by atoms with Crippen molar-refractivity contribution in [3.63, 3.8) is 0 Å². The Morgan fingerprint density at radius 1 is 1.10 bits per heavy atom. The van der Waals surface area contributed by atoms with E-state index in [0.29, 0.717) is 10.6 Å². The average molecular weight is 305 g/mol. The first-order valence-corrected chi connectivity index (χ1v) is 6.65. The second kappa shape index (κ2) is 6.41. The van der Waals surface area contributed by atoms with Crippen molar-refractivity contribution in [2.75, 3.05) is 0 Å². The molecule has 1 atom stereocenters.